The van der Waals surface area contributed by atoms with Gasteiger partial charge in [-0.25, -0.2) is 0 Å². The van der Waals surface area contributed by atoms with Crippen LogP contribution in [0.4, 0.5) is 0 Å². The van der Waals surface area contributed by atoms with E-state index < -0.39 is 11.6 Å². The molecule has 0 aromatic rings. The van der Waals surface area contributed by atoms with Crippen LogP contribution in [0.15, 0.2) is 0 Å². The molecule has 0 bridgehead atoms. The Bertz CT molecular complexity index is 254. The number of hydrogen-bond donors (Lipinski definition) is 2. The van der Waals surface area contributed by atoms with Crippen LogP contribution in [0.3, 0.4) is 0 Å². The molecule has 0 aliphatic heterocycles. The minimum absolute atomic E-state index is 0.241. The van der Waals surface area contributed by atoms with Crippen molar-refractivity contribution in [2.24, 2.45) is 11.7 Å². The molecule has 3 N–H and O–H groups in total. The second kappa shape index (κ2) is 8.08. The fourth-order valence-electron chi connectivity index (χ4n) is 2.06. The molecule has 1 atom stereocenters. The molecule has 1 rings (SSSR count). The Kier molecular flexibility index (Phi) is 7.59. The molecule has 1 fully saturated rings. The van der Waals surface area contributed by atoms with Gasteiger partial charge in [0.25, 0.3) is 6.47 Å². The van der Waals surface area contributed by atoms with Gasteiger partial charge in [-0.2, -0.15) is 0 Å². The van der Waals surface area contributed by atoms with Gasteiger partial charge in [0.15, 0.2) is 0 Å². The van der Waals surface area contributed by atoms with Crippen LogP contribution in [0.5, 0.6) is 0 Å². The normalized spacial score (nSPS) is 18.2. The molecular formula is C13H25NO4. The third-order valence-electron chi connectivity index (χ3n) is 2.84. The summed E-state index contributed by atoms with van der Waals surface area (Å²) >= 11 is 0. The first-order valence-electron chi connectivity index (χ1n) is 6.38. The lowest BCUT2D eigenvalue weighted by Gasteiger charge is -2.29. The standard InChI is InChI=1S/C12H23NO2.CH2O2/c1-12(2,3)15-11(14)10(13)9-7-5-4-6-8-9;2-1-3/h9-10H,4-8,13H2,1-3H3;1H,(H,2,3). The van der Waals surface area contributed by atoms with E-state index in [9.17, 15) is 4.79 Å². The monoisotopic (exact) mass is 259 g/mol. The third-order valence-corrected chi connectivity index (χ3v) is 2.84. The molecule has 0 saturated heterocycles. The molecule has 0 radical (unpaired) electrons. The average Bonchev–Trinajstić information content (AvgIpc) is 2.28. The molecule has 5 nitrogen and oxygen atoms in total. The maximum atomic E-state index is 11.7. The highest BCUT2D eigenvalue weighted by Gasteiger charge is 2.29. The van der Waals surface area contributed by atoms with Crippen molar-refractivity contribution in [2.45, 2.75) is 64.5 Å². The van der Waals surface area contributed by atoms with Crippen LogP contribution in [0.2, 0.25) is 0 Å². The Hall–Kier alpha value is -1.10. The first kappa shape index (κ1) is 16.9. The fourth-order valence-corrected chi connectivity index (χ4v) is 2.06. The van der Waals surface area contributed by atoms with Gasteiger partial charge in [0.2, 0.25) is 0 Å². The van der Waals surface area contributed by atoms with Gasteiger partial charge in [0.1, 0.15) is 11.6 Å². The Balaban J connectivity index is 0.000000873. The molecule has 1 unspecified atom stereocenters. The zero-order valence-electron chi connectivity index (χ0n) is 11.5. The van der Waals surface area contributed by atoms with E-state index in [-0.39, 0.29) is 12.4 Å². The SMILES string of the molecule is CC(C)(C)OC(=O)C(N)C1CCCCC1.O=CO. The molecule has 0 aromatic heterocycles. The molecular weight excluding hydrogens is 234 g/mol. The summed E-state index contributed by atoms with van der Waals surface area (Å²) in [6.45, 7) is 5.37. The summed E-state index contributed by atoms with van der Waals surface area (Å²) in [4.78, 5) is 20.1. The topological polar surface area (TPSA) is 89.6 Å². The summed E-state index contributed by atoms with van der Waals surface area (Å²) in [6.07, 6.45) is 5.81. The maximum Gasteiger partial charge on any atom is 0.323 e. The minimum Gasteiger partial charge on any atom is -0.483 e. The quantitative estimate of drug-likeness (QED) is 0.584. The lowest BCUT2D eigenvalue weighted by Crippen LogP contribution is -2.43. The van der Waals surface area contributed by atoms with Crippen molar-refractivity contribution in [1.82, 2.24) is 0 Å². The largest absolute Gasteiger partial charge is 0.483 e. The van der Waals surface area contributed by atoms with Gasteiger partial charge in [-0.1, -0.05) is 19.3 Å². The summed E-state index contributed by atoms with van der Waals surface area (Å²) in [5.74, 6) is 0.0861. The van der Waals surface area contributed by atoms with Crippen LogP contribution in [0, 0.1) is 5.92 Å². The van der Waals surface area contributed by atoms with Crippen LogP contribution < -0.4 is 5.73 Å². The Morgan fingerprint density at radius 1 is 1.33 bits per heavy atom. The fraction of sp³-hybridized carbons (Fsp3) is 0.846. The average molecular weight is 259 g/mol. The van der Waals surface area contributed by atoms with Crippen molar-refractivity contribution in [3.8, 4) is 0 Å². The van der Waals surface area contributed by atoms with Crippen LogP contribution >= 0.6 is 0 Å². The van der Waals surface area contributed by atoms with E-state index in [1.807, 2.05) is 20.8 Å². The van der Waals surface area contributed by atoms with E-state index in [2.05, 4.69) is 0 Å². The van der Waals surface area contributed by atoms with Crippen molar-refractivity contribution < 1.29 is 19.4 Å². The number of rotatable bonds is 2. The summed E-state index contributed by atoms with van der Waals surface area (Å²) in [7, 11) is 0. The third kappa shape index (κ3) is 7.27. The van der Waals surface area contributed by atoms with Gasteiger partial charge in [-0.05, 0) is 39.5 Å². The van der Waals surface area contributed by atoms with Gasteiger partial charge in [-0.15, -0.1) is 0 Å². The highest BCUT2D eigenvalue weighted by Crippen LogP contribution is 2.26. The Labute approximate surface area is 109 Å². The zero-order chi connectivity index (χ0) is 14.2. The van der Waals surface area contributed by atoms with Crippen LogP contribution in [-0.2, 0) is 14.3 Å². The summed E-state index contributed by atoms with van der Waals surface area (Å²) in [5.41, 5.74) is 5.50. The number of esters is 1. The van der Waals surface area contributed by atoms with Crippen LogP contribution in [-0.4, -0.2) is 29.2 Å². The summed E-state index contributed by atoms with van der Waals surface area (Å²) in [5, 5.41) is 6.89. The molecule has 0 aromatic carbocycles. The maximum absolute atomic E-state index is 11.7. The van der Waals surface area contributed by atoms with Gasteiger partial charge < -0.3 is 15.6 Å². The molecule has 1 saturated carbocycles. The van der Waals surface area contributed by atoms with E-state index in [1.54, 1.807) is 0 Å². The van der Waals surface area contributed by atoms with Crippen molar-refractivity contribution in [3.05, 3.63) is 0 Å². The Morgan fingerprint density at radius 3 is 2.17 bits per heavy atom. The summed E-state index contributed by atoms with van der Waals surface area (Å²) in [6, 6.07) is -0.426. The highest BCUT2D eigenvalue weighted by atomic mass is 16.6. The van der Waals surface area contributed by atoms with Crippen LogP contribution in [0.1, 0.15) is 52.9 Å². The van der Waals surface area contributed by atoms with E-state index in [1.165, 1.54) is 19.3 Å². The van der Waals surface area contributed by atoms with Gasteiger partial charge in [0.05, 0.1) is 0 Å². The summed E-state index contributed by atoms with van der Waals surface area (Å²) < 4.78 is 5.29. The van der Waals surface area contributed by atoms with E-state index in [4.69, 9.17) is 20.4 Å². The van der Waals surface area contributed by atoms with Gasteiger partial charge in [0, 0.05) is 0 Å². The first-order valence-corrected chi connectivity index (χ1v) is 6.38. The molecule has 5 heteroatoms. The predicted molar refractivity (Wildman–Crippen MR) is 69.1 cm³/mol. The number of carbonyl (C=O) groups excluding carboxylic acids is 1. The van der Waals surface area contributed by atoms with Crippen molar-refractivity contribution in [1.29, 1.82) is 0 Å². The number of hydrogen-bond acceptors (Lipinski definition) is 4. The Morgan fingerprint density at radius 2 is 1.78 bits per heavy atom. The van der Waals surface area contributed by atoms with Crippen molar-refractivity contribution in [3.63, 3.8) is 0 Å². The first-order chi connectivity index (χ1) is 8.31. The van der Waals surface area contributed by atoms with Gasteiger partial charge in [-0.3, -0.25) is 9.59 Å². The molecule has 1 aliphatic rings. The number of ether oxygens (including phenoxy) is 1. The molecule has 18 heavy (non-hydrogen) atoms. The number of carbonyl (C=O) groups is 2. The molecule has 0 amide bonds. The molecule has 1 aliphatic carbocycles. The minimum atomic E-state index is -0.427. The second-order valence-electron chi connectivity index (χ2n) is 5.56. The zero-order valence-corrected chi connectivity index (χ0v) is 11.5. The van der Waals surface area contributed by atoms with Crippen molar-refractivity contribution >= 4 is 12.4 Å². The predicted octanol–water partition coefficient (Wildman–Crippen LogP) is 1.94. The lowest BCUT2D eigenvalue weighted by atomic mass is 9.84. The van der Waals surface area contributed by atoms with E-state index in [0.29, 0.717) is 5.92 Å². The smallest absolute Gasteiger partial charge is 0.323 e. The molecule has 0 heterocycles. The van der Waals surface area contributed by atoms with Gasteiger partial charge >= 0.3 is 5.97 Å². The molecule has 106 valence electrons. The van der Waals surface area contributed by atoms with Crippen molar-refractivity contribution in [2.75, 3.05) is 0 Å². The van der Waals surface area contributed by atoms with Crippen LogP contribution in [0.25, 0.3) is 0 Å². The highest BCUT2D eigenvalue weighted by molar-refractivity contribution is 5.76. The van der Waals surface area contributed by atoms with E-state index in [0.717, 1.165) is 12.8 Å². The lowest BCUT2D eigenvalue weighted by molar-refractivity contribution is -0.158. The van der Waals surface area contributed by atoms with E-state index >= 15 is 0 Å². The second-order valence-corrected chi connectivity index (χ2v) is 5.56. The molecule has 0 spiro atoms. The number of carboxylic acid groups (broad SMARTS) is 1. The number of nitrogens with two attached hydrogens (primary N) is 1.